The van der Waals surface area contributed by atoms with Crippen LogP contribution in [0.1, 0.15) is 36.2 Å². The molecule has 0 saturated carbocycles. The summed E-state index contributed by atoms with van der Waals surface area (Å²) in [5, 5.41) is 15.3. The molecular weight excluding hydrogens is 542 g/mol. The van der Waals surface area contributed by atoms with E-state index >= 15 is 0 Å². The van der Waals surface area contributed by atoms with Crippen molar-refractivity contribution in [1.82, 2.24) is 25.4 Å². The zero-order valence-corrected chi connectivity index (χ0v) is 23.5. The van der Waals surface area contributed by atoms with Crippen molar-refractivity contribution in [2.24, 2.45) is 0 Å². The van der Waals surface area contributed by atoms with Gasteiger partial charge >= 0.3 is 12.1 Å². The number of ether oxygens (including phenoxy) is 2. The van der Waals surface area contributed by atoms with Crippen molar-refractivity contribution in [2.75, 3.05) is 45.9 Å². The van der Waals surface area contributed by atoms with Gasteiger partial charge in [0.15, 0.2) is 0 Å². The molecule has 0 aliphatic carbocycles. The maximum atomic E-state index is 13.5. The highest BCUT2D eigenvalue weighted by atomic mass is 16.6. The van der Waals surface area contributed by atoms with Crippen LogP contribution in [-0.2, 0) is 14.3 Å². The number of benzene rings is 1. The van der Waals surface area contributed by atoms with Gasteiger partial charge in [0.05, 0.1) is 5.69 Å². The molecule has 3 amide bonds. The molecule has 0 bridgehead atoms. The van der Waals surface area contributed by atoms with Gasteiger partial charge < -0.3 is 35.0 Å². The highest BCUT2D eigenvalue weighted by Gasteiger charge is 2.31. The first kappa shape index (κ1) is 30.5. The molecule has 2 fully saturated rings. The number of amides is 3. The average molecular weight is 580 g/mol. The quantitative estimate of drug-likeness (QED) is 0.341. The van der Waals surface area contributed by atoms with Crippen LogP contribution in [0.25, 0.3) is 11.3 Å². The van der Waals surface area contributed by atoms with Gasteiger partial charge in [-0.3, -0.25) is 14.4 Å². The van der Waals surface area contributed by atoms with E-state index in [1.165, 1.54) is 15.9 Å². The van der Waals surface area contributed by atoms with Gasteiger partial charge in [0.25, 0.3) is 5.91 Å². The Bertz CT molecular complexity index is 1260. The lowest BCUT2D eigenvalue weighted by Gasteiger charge is -2.36. The van der Waals surface area contributed by atoms with E-state index in [0.717, 1.165) is 31.5 Å². The summed E-state index contributed by atoms with van der Waals surface area (Å²) in [6.45, 7) is 6.23. The van der Waals surface area contributed by atoms with Gasteiger partial charge in [-0.05, 0) is 32.4 Å². The number of rotatable bonds is 11. The molecule has 1 aromatic carbocycles. The van der Waals surface area contributed by atoms with E-state index in [1.54, 1.807) is 12.1 Å². The summed E-state index contributed by atoms with van der Waals surface area (Å²) < 4.78 is 11.3. The van der Waals surface area contributed by atoms with E-state index in [-0.39, 0.29) is 57.4 Å². The van der Waals surface area contributed by atoms with Crippen molar-refractivity contribution >= 4 is 23.9 Å². The largest absolute Gasteiger partial charge is 0.490 e. The number of carbonyl (C=O) groups excluding carboxylic acids is 3. The van der Waals surface area contributed by atoms with Crippen LogP contribution in [-0.4, -0.2) is 102 Å². The van der Waals surface area contributed by atoms with Crippen molar-refractivity contribution in [3.05, 3.63) is 60.8 Å². The van der Waals surface area contributed by atoms with Crippen LogP contribution in [0.5, 0.6) is 5.75 Å². The van der Waals surface area contributed by atoms with Crippen molar-refractivity contribution in [2.45, 2.75) is 37.8 Å². The summed E-state index contributed by atoms with van der Waals surface area (Å²) in [6, 6.07) is 11.6. The number of carboxylic acids is 1. The molecule has 42 heavy (non-hydrogen) atoms. The maximum absolute atomic E-state index is 13.5. The van der Waals surface area contributed by atoms with Gasteiger partial charge in [-0.1, -0.05) is 43.0 Å². The third-order valence-electron chi connectivity index (χ3n) is 7.11. The molecule has 1 aromatic heterocycles. The Hall–Kier alpha value is -4.45. The predicted molar refractivity (Wildman–Crippen MR) is 154 cm³/mol. The molecule has 0 spiro atoms. The second-order valence-electron chi connectivity index (χ2n) is 10.1. The number of piperidine rings is 1. The monoisotopic (exact) mass is 579 g/mol. The summed E-state index contributed by atoms with van der Waals surface area (Å²) in [6.07, 6.45) is 2.21. The maximum Gasteiger partial charge on any atom is 0.410 e. The number of piperazine rings is 1. The minimum absolute atomic E-state index is 0.00852. The van der Waals surface area contributed by atoms with Gasteiger partial charge in [0.2, 0.25) is 5.91 Å². The van der Waals surface area contributed by atoms with Gasteiger partial charge in [-0.2, -0.15) is 0 Å². The standard InChI is InChI=1S/C30H37N5O7/c1-2-18-41-30(40)35-16-14-34(15-17-35)29(39)24(8-9-27(36)37)33-28(38)26-20-23(42-22-10-12-31-13-11-22)19-25(32-26)21-6-4-3-5-7-21/h2-7,19-20,22,24,31H,1,8-18H2,(H,33,38)(H,36,37)/t24-/m0/s1. The number of nitrogens with one attached hydrogen (secondary N) is 2. The van der Waals surface area contributed by atoms with E-state index in [9.17, 15) is 24.3 Å². The summed E-state index contributed by atoms with van der Waals surface area (Å²) in [4.78, 5) is 58.1. The fourth-order valence-corrected chi connectivity index (χ4v) is 4.86. The molecule has 0 unspecified atom stereocenters. The lowest BCUT2D eigenvalue weighted by Crippen LogP contribution is -2.56. The first-order chi connectivity index (χ1) is 20.3. The summed E-state index contributed by atoms with van der Waals surface area (Å²) in [7, 11) is 0. The predicted octanol–water partition coefficient (Wildman–Crippen LogP) is 2.31. The normalized spacial score (nSPS) is 16.3. The molecule has 3 heterocycles. The fraction of sp³-hybridized carbons (Fsp3) is 0.433. The number of carbonyl (C=O) groups is 4. The molecule has 12 nitrogen and oxygen atoms in total. The number of hydrogen-bond acceptors (Lipinski definition) is 8. The second-order valence-corrected chi connectivity index (χ2v) is 10.1. The number of pyridine rings is 1. The van der Waals surface area contributed by atoms with Crippen LogP contribution in [0.2, 0.25) is 0 Å². The molecule has 3 N–H and O–H groups in total. The van der Waals surface area contributed by atoms with E-state index in [1.807, 2.05) is 30.3 Å². The number of hydrogen-bond donors (Lipinski definition) is 3. The Balaban J connectivity index is 1.50. The minimum atomic E-state index is -1.09. The zero-order chi connectivity index (χ0) is 29.9. The van der Waals surface area contributed by atoms with E-state index < -0.39 is 29.9 Å². The first-order valence-electron chi connectivity index (χ1n) is 14.1. The van der Waals surface area contributed by atoms with Gasteiger partial charge in [0.1, 0.15) is 30.2 Å². The summed E-state index contributed by atoms with van der Waals surface area (Å²) in [5.41, 5.74) is 1.40. The molecule has 12 heteroatoms. The second kappa shape index (κ2) is 15.0. The molecule has 2 aliphatic heterocycles. The number of aliphatic carboxylic acids is 1. The van der Waals surface area contributed by atoms with Gasteiger partial charge in [-0.15, -0.1) is 0 Å². The van der Waals surface area contributed by atoms with Crippen LogP contribution >= 0.6 is 0 Å². The molecule has 2 saturated heterocycles. The van der Waals surface area contributed by atoms with Crippen molar-refractivity contribution in [1.29, 1.82) is 0 Å². The van der Waals surface area contributed by atoms with Crippen LogP contribution < -0.4 is 15.4 Å². The highest BCUT2D eigenvalue weighted by Crippen LogP contribution is 2.25. The minimum Gasteiger partial charge on any atom is -0.490 e. The van der Waals surface area contributed by atoms with E-state index in [2.05, 4.69) is 22.2 Å². The van der Waals surface area contributed by atoms with Crippen molar-refractivity contribution in [3.63, 3.8) is 0 Å². The fourth-order valence-electron chi connectivity index (χ4n) is 4.86. The van der Waals surface area contributed by atoms with Gasteiger partial charge in [-0.25, -0.2) is 9.78 Å². The smallest absolute Gasteiger partial charge is 0.410 e. The number of carboxylic acid groups (broad SMARTS) is 1. The Morgan fingerprint density at radius 2 is 1.76 bits per heavy atom. The van der Waals surface area contributed by atoms with Crippen LogP contribution in [0, 0.1) is 0 Å². The molecule has 2 aliphatic rings. The first-order valence-corrected chi connectivity index (χ1v) is 14.1. The number of nitrogens with zero attached hydrogens (tertiary/aromatic N) is 3. The zero-order valence-electron chi connectivity index (χ0n) is 23.5. The Kier molecular flexibility index (Phi) is 10.9. The molecule has 224 valence electrons. The summed E-state index contributed by atoms with van der Waals surface area (Å²) in [5.74, 6) is -1.63. The van der Waals surface area contributed by atoms with Crippen LogP contribution in [0.3, 0.4) is 0 Å². The van der Waals surface area contributed by atoms with Crippen molar-refractivity contribution in [3.8, 4) is 17.0 Å². The summed E-state index contributed by atoms with van der Waals surface area (Å²) >= 11 is 0. The van der Waals surface area contributed by atoms with Crippen LogP contribution in [0.4, 0.5) is 4.79 Å². The molecule has 1 atom stereocenters. The third kappa shape index (κ3) is 8.53. The lowest BCUT2D eigenvalue weighted by atomic mass is 10.1. The number of aromatic nitrogens is 1. The molecular formula is C30H37N5O7. The lowest BCUT2D eigenvalue weighted by molar-refractivity contribution is -0.138. The van der Waals surface area contributed by atoms with E-state index in [4.69, 9.17) is 9.47 Å². The highest BCUT2D eigenvalue weighted by molar-refractivity contribution is 5.97. The Morgan fingerprint density at radius 1 is 1.07 bits per heavy atom. The molecule has 2 aromatic rings. The van der Waals surface area contributed by atoms with E-state index in [0.29, 0.717) is 11.4 Å². The Labute approximate surface area is 244 Å². The average Bonchev–Trinajstić information content (AvgIpc) is 3.02. The van der Waals surface area contributed by atoms with Crippen molar-refractivity contribution < 1.29 is 33.8 Å². The van der Waals surface area contributed by atoms with Crippen LogP contribution in [0.15, 0.2) is 55.1 Å². The Morgan fingerprint density at radius 3 is 2.43 bits per heavy atom. The molecule has 0 radical (unpaired) electrons. The SMILES string of the molecule is C=CCOC(=O)N1CCN(C(=O)[C@H](CCC(=O)O)NC(=O)c2cc(OC3CCNCC3)cc(-c3ccccc3)n2)CC1. The molecule has 4 rings (SSSR count). The topological polar surface area (TPSA) is 150 Å². The van der Waals surface area contributed by atoms with Gasteiger partial charge in [0, 0.05) is 50.3 Å². The third-order valence-corrected chi connectivity index (χ3v) is 7.11.